The summed E-state index contributed by atoms with van der Waals surface area (Å²) in [4.78, 5) is 12.7. The second-order valence-electron chi connectivity index (χ2n) is 4.39. The predicted octanol–water partition coefficient (Wildman–Crippen LogP) is 2.95. The number of aryl methyl sites for hydroxylation is 1. The Morgan fingerprint density at radius 3 is 2.20 bits per heavy atom. The maximum Gasteiger partial charge on any atom is 0.204 e. The molecule has 0 saturated heterocycles. The Kier molecular flexibility index (Phi) is 3.94. The Hall–Kier alpha value is -2.49. The third-order valence-electron chi connectivity index (χ3n) is 3.05. The van der Waals surface area contributed by atoms with Gasteiger partial charge in [0.1, 0.15) is 22.8 Å². The van der Waals surface area contributed by atoms with Crippen molar-refractivity contribution in [2.24, 2.45) is 0 Å². The monoisotopic (exact) mass is 272 g/mol. The number of methoxy groups -OCH3 is 2. The van der Waals surface area contributed by atoms with E-state index in [9.17, 15) is 9.90 Å². The zero-order chi connectivity index (χ0) is 14.7. The van der Waals surface area contributed by atoms with Gasteiger partial charge in [0.2, 0.25) is 5.78 Å². The van der Waals surface area contributed by atoms with Crippen molar-refractivity contribution in [2.45, 2.75) is 6.92 Å². The van der Waals surface area contributed by atoms with E-state index in [0.717, 1.165) is 5.56 Å². The Morgan fingerprint density at radius 2 is 1.65 bits per heavy atom. The van der Waals surface area contributed by atoms with Crippen molar-refractivity contribution in [3.63, 3.8) is 0 Å². The van der Waals surface area contributed by atoms with Gasteiger partial charge in [0, 0.05) is 0 Å². The first kappa shape index (κ1) is 13.9. The Balaban J connectivity index is 2.61. The topological polar surface area (TPSA) is 55.8 Å². The number of phenolic OH excluding ortho intramolecular Hbond substituents is 1. The number of benzene rings is 2. The minimum Gasteiger partial charge on any atom is -0.507 e. The average Bonchev–Trinajstić information content (AvgIpc) is 2.48. The van der Waals surface area contributed by atoms with Crippen LogP contribution in [0.25, 0.3) is 0 Å². The molecule has 2 aromatic rings. The summed E-state index contributed by atoms with van der Waals surface area (Å²) in [6, 6.07) is 10.00. The van der Waals surface area contributed by atoms with Crippen LogP contribution in [-0.2, 0) is 0 Å². The van der Waals surface area contributed by atoms with Crippen LogP contribution >= 0.6 is 0 Å². The molecule has 0 aliphatic carbocycles. The van der Waals surface area contributed by atoms with Crippen LogP contribution < -0.4 is 9.47 Å². The predicted molar refractivity (Wildman–Crippen MR) is 75.8 cm³/mol. The highest BCUT2D eigenvalue weighted by molar-refractivity contribution is 6.14. The van der Waals surface area contributed by atoms with Gasteiger partial charge in [-0.25, -0.2) is 0 Å². The molecule has 0 bridgehead atoms. The smallest absolute Gasteiger partial charge is 0.204 e. The molecule has 0 heterocycles. The summed E-state index contributed by atoms with van der Waals surface area (Å²) in [5, 5.41) is 9.89. The third kappa shape index (κ3) is 2.45. The third-order valence-corrected chi connectivity index (χ3v) is 3.05. The van der Waals surface area contributed by atoms with Crippen molar-refractivity contribution >= 4 is 5.78 Å². The second kappa shape index (κ2) is 5.65. The van der Waals surface area contributed by atoms with Crippen molar-refractivity contribution in [3.05, 3.63) is 53.1 Å². The molecule has 20 heavy (non-hydrogen) atoms. The Bertz CT molecular complexity index is 625. The SMILES string of the molecule is COc1cccc(OC)c1C(=O)c1cc(C)ccc1O. The van der Waals surface area contributed by atoms with Gasteiger partial charge in [-0.1, -0.05) is 17.7 Å². The molecule has 2 aromatic carbocycles. The first-order valence-corrected chi connectivity index (χ1v) is 6.13. The molecule has 4 nitrogen and oxygen atoms in total. The average molecular weight is 272 g/mol. The molecule has 1 N–H and O–H groups in total. The van der Waals surface area contributed by atoms with Gasteiger partial charge >= 0.3 is 0 Å². The molecule has 0 spiro atoms. The zero-order valence-electron chi connectivity index (χ0n) is 11.6. The van der Waals surface area contributed by atoms with Crippen LogP contribution in [0.4, 0.5) is 0 Å². The van der Waals surface area contributed by atoms with E-state index in [0.29, 0.717) is 17.1 Å². The zero-order valence-corrected chi connectivity index (χ0v) is 11.6. The summed E-state index contributed by atoms with van der Waals surface area (Å²) in [5.41, 5.74) is 1.42. The van der Waals surface area contributed by atoms with Crippen LogP contribution in [0.15, 0.2) is 36.4 Å². The van der Waals surface area contributed by atoms with E-state index >= 15 is 0 Å². The van der Waals surface area contributed by atoms with E-state index in [2.05, 4.69) is 0 Å². The fourth-order valence-corrected chi connectivity index (χ4v) is 2.04. The molecule has 0 radical (unpaired) electrons. The molecule has 104 valence electrons. The highest BCUT2D eigenvalue weighted by atomic mass is 16.5. The fraction of sp³-hybridized carbons (Fsp3) is 0.188. The number of hydrogen-bond donors (Lipinski definition) is 1. The van der Waals surface area contributed by atoms with Crippen molar-refractivity contribution in [1.82, 2.24) is 0 Å². The number of hydrogen-bond acceptors (Lipinski definition) is 4. The summed E-state index contributed by atoms with van der Waals surface area (Å²) >= 11 is 0. The van der Waals surface area contributed by atoms with Crippen molar-refractivity contribution in [3.8, 4) is 17.2 Å². The van der Waals surface area contributed by atoms with Crippen LogP contribution in [0, 0.1) is 6.92 Å². The van der Waals surface area contributed by atoms with Gasteiger partial charge in [0.05, 0.1) is 19.8 Å². The number of rotatable bonds is 4. The largest absolute Gasteiger partial charge is 0.507 e. The van der Waals surface area contributed by atoms with E-state index in [1.54, 1.807) is 30.3 Å². The Labute approximate surface area is 117 Å². The lowest BCUT2D eigenvalue weighted by atomic mass is 9.99. The van der Waals surface area contributed by atoms with Gasteiger partial charge in [-0.05, 0) is 31.2 Å². The van der Waals surface area contributed by atoms with E-state index in [1.165, 1.54) is 20.3 Å². The molecule has 0 saturated carbocycles. The molecular weight excluding hydrogens is 256 g/mol. The summed E-state index contributed by atoms with van der Waals surface area (Å²) in [6.07, 6.45) is 0. The molecule has 0 amide bonds. The molecule has 0 atom stereocenters. The number of ketones is 1. The van der Waals surface area contributed by atoms with Crippen LogP contribution in [0.5, 0.6) is 17.2 Å². The lowest BCUT2D eigenvalue weighted by Gasteiger charge is -2.13. The van der Waals surface area contributed by atoms with Gasteiger partial charge in [0.15, 0.2) is 0 Å². The standard InChI is InChI=1S/C16H16O4/c1-10-7-8-12(17)11(9-10)16(18)15-13(19-2)5-4-6-14(15)20-3/h4-9,17H,1-3H3. The molecule has 0 aliphatic rings. The summed E-state index contributed by atoms with van der Waals surface area (Å²) in [5.74, 6) is 0.430. The van der Waals surface area contributed by atoms with Gasteiger partial charge < -0.3 is 14.6 Å². The van der Waals surface area contributed by atoms with E-state index < -0.39 is 0 Å². The lowest BCUT2D eigenvalue weighted by Crippen LogP contribution is -2.07. The van der Waals surface area contributed by atoms with Crippen molar-refractivity contribution in [2.75, 3.05) is 14.2 Å². The molecule has 0 aromatic heterocycles. The van der Waals surface area contributed by atoms with Crippen LogP contribution in [0.1, 0.15) is 21.5 Å². The molecule has 0 aliphatic heterocycles. The van der Waals surface area contributed by atoms with Crippen LogP contribution in [0.2, 0.25) is 0 Å². The maximum absolute atomic E-state index is 12.7. The van der Waals surface area contributed by atoms with Crippen molar-refractivity contribution < 1.29 is 19.4 Å². The normalized spacial score (nSPS) is 10.2. The van der Waals surface area contributed by atoms with Gasteiger partial charge in [-0.2, -0.15) is 0 Å². The second-order valence-corrected chi connectivity index (χ2v) is 4.39. The van der Waals surface area contributed by atoms with Crippen LogP contribution in [0.3, 0.4) is 0 Å². The number of carbonyl (C=O) groups excluding carboxylic acids is 1. The number of aromatic hydroxyl groups is 1. The minimum absolute atomic E-state index is 0.0615. The van der Waals surface area contributed by atoms with Crippen molar-refractivity contribution in [1.29, 1.82) is 0 Å². The van der Waals surface area contributed by atoms with Crippen LogP contribution in [-0.4, -0.2) is 25.1 Å². The summed E-state index contributed by atoms with van der Waals surface area (Å²) < 4.78 is 10.4. The van der Waals surface area contributed by atoms with Gasteiger partial charge in [0.25, 0.3) is 0 Å². The lowest BCUT2D eigenvalue weighted by molar-refractivity contribution is 0.103. The number of ether oxygens (including phenoxy) is 2. The van der Waals surface area contributed by atoms with E-state index in [4.69, 9.17) is 9.47 Å². The summed E-state index contributed by atoms with van der Waals surface area (Å²) in [7, 11) is 2.98. The minimum atomic E-state index is -0.333. The maximum atomic E-state index is 12.7. The number of phenols is 1. The van der Waals surface area contributed by atoms with E-state index in [1.807, 2.05) is 6.92 Å². The molecule has 4 heteroatoms. The van der Waals surface area contributed by atoms with E-state index in [-0.39, 0.29) is 17.1 Å². The molecular formula is C16H16O4. The highest BCUT2D eigenvalue weighted by Crippen LogP contribution is 2.32. The number of carbonyl (C=O) groups is 1. The Morgan fingerprint density at radius 1 is 1.05 bits per heavy atom. The first-order chi connectivity index (χ1) is 9.58. The summed E-state index contributed by atoms with van der Waals surface area (Å²) in [6.45, 7) is 1.86. The molecule has 2 rings (SSSR count). The molecule has 0 fully saturated rings. The quantitative estimate of drug-likeness (QED) is 0.869. The van der Waals surface area contributed by atoms with Gasteiger partial charge in [-0.15, -0.1) is 0 Å². The molecule has 0 unspecified atom stereocenters. The highest BCUT2D eigenvalue weighted by Gasteiger charge is 2.22. The first-order valence-electron chi connectivity index (χ1n) is 6.13. The fourth-order valence-electron chi connectivity index (χ4n) is 2.04. The van der Waals surface area contributed by atoms with Gasteiger partial charge in [-0.3, -0.25) is 4.79 Å².